The molecule has 0 aliphatic carbocycles. The number of hydrogen-bond acceptors (Lipinski definition) is 4. The van der Waals surface area contributed by atoms with Crippen molar-refractivity contribution in [3.8, 4) is 0 Å². The van der Waals surface area contributed by atoms with Crippen LogP contribution in [0, 0.1) is 0 Å². The Morgan fingerprint density at radius 1 is 1.36 bits per heavy atom. The highest BCUT2D eigenvalue weighted by molar-refractivity contribution is 6.34. The number of nitrogens with zero attached hydrogens (tertiary/aromatic N) is 1. The predicted molar refractivity (Wildman–Crippen MR) is 49.3 cm³/mol. The number of hydrogen-bond donors (Lipinski definition) is 1. The Kier molecular flexibility index (Phi) is 5.82. The Labute approximate surface area is 82.9 Å². The average molecular weight is 204 g/mol. The predicted octanol–water partition coefficient (Wildman–Crippen LogP) is -1.06. The summed E-state index contributed by atoms with van der Waals surface area (Å²) >= 11 is 0. The lowest BCUT2D eigenvalue weighted by Gasteiger charge is -2.23. The summed E-state index contributed by atoms with van der Waals surface area (Å²) in [6.07, 6.45) is -0.543. The van der Waals surface area contributed by atoms with E-state index in [9.17, 15) is 9.59 Å². The van der Waals surface area contributed by atoms with Crippen molar-refractivity contribution in [2.75, 3.05) is 27.3 Å². The number of rotatable bonds is 5. The van der Waals surface area contributed by atoms with Crippen molar-refractivity contribution in [2.45, 2.75) is 13.2 Å². The Balaban J connectivity index is 4.27. The number of carbonyl (C=O) groups is 2. The molecular weight excluding hydrogens is 188 g/mol. The van der Waals surface area contributed by atoms with E-state index in [0.29, 0.717) is 6.54 Å². The normalized spacial score (nSPS) is 10.3. The Morgan fingerprint density at radius 3 is 2.14 bits per heavy atom. The molecule has 0 radical (unpaired) electrons. The molecule has 0 fully saturated rings. The van der Waals surface area contributed by atoms with Crippen LogP contribution in [0.4, 0.5) is 0 Å². The number of ether oxygens (including phenoxy) is 2. The summed E-state index contributed by atoms with van der Waals surface area (Å²) < 4.78 is 9.79. The van der Waals surface area contributed by atoms with Crippen LogP contribution in [0.25, 0.3) is 0 Å². The maximum absolute atomic E-state index is 11.2. The summed E-state index contributed by atoms with van der Waals surface area (Å²) in [7, 11) is 2.91. The molecule has 0 rings (SSSR count). The number of likely N-dealkylation sites (N-methyl/N-ethyl adjacent to an activating group) is 1. The molecule has 0 saturated heterocycles. The topological polar surface area (TPSA) is 81.9 Å². The van der Waals surface area contributed by atoms with Gasteiger partial charge in [-0.05, 0) is 6.92 Å². The van der Waals surface area contributed by atoms with Gasteiger partial charge < -0.3 is 20.1 Å². The maximum Gasteiger partial charge on any atom is 0.311 e. The molecule has 14 heavy (non-hydrogen) atoms. The quantitative estimate of drug-likeness (QED) is 0.457. The van der Waals surface area contributed by atoms with E-state index in [2.05, 4.69) is 0 Å². The molecule has 6 nitrogen and oxygen atoms in total. The van der Waals surface area contributed by atoms with Crippen LogP contribution >= 0.6 is 0 Å². The minimum absolute atomic E-state index is 0.186. The number of carbonyl (C=O) groups excluding carboxylic acids is 2. The highest BCUT2D eigenvalue weighted by atomic mass is 16.7. The van der Waals surface area contributed by atoms with Crippen molar-refractivity contribution in [3.63, 3.8) is 0 Å². The van der Waals surface area contributed by atoms with Crippen molar-refractivity contribution in [1.29, 1.82) is 0 Å². The number of nitrogens with two attached hydrogens (primary N) is 1. The monoisotopic (exact) mass is 204 g/mol. The van der Waals surface area contributed by atoms with Gasteiger partial charge in [0.25, 0.3) is 0 Å². The van der Waals surface area contributed by atoms with E-state index < -0.39 is 18.1 Å². The van der Waals surface area contributed by atoms with Gasteiger partial charge in [0.15, 0.2) is 6.29 Å². The SMILES string of the molecule is CCN(CC(OC)OC)C(=O)C(N)=O. The minimum Gasteiger partial charge on any atom is -0.361 e. The molecular formula is C8H16N2O4. The second kappa shape index (κ2) is 6.33. The van der Waals surface area contributed by atoms with E-state index in [-0.39, 0.29) is 6.54 Å². The lowest BCUT2D eigenvalue weighted by molar-refractivity contribution is -0.152. The second-order valence-corrected chi connectivity index (χ2v) is 2.61. The van der Waals surface area contributed by atoms with E-state index in [4.69, 9.17) is 15.2 Å². The van der Waals surface area contributed by atoms with Crippen LogP contribution < -0.4 is 5.73 Å². The van der Waals surface area contributed by atoms with E-state index in [1.807, 2.05) is 0 Å². The zero-order chi connectivity index (χ0) is 11.1. The van der Waals surface area contributed by atoms with Crippen LogP contribution in [0.2, 0.25) is 0 Å². The Bertz CT molecular complexity index is 204. The highest BCUT2D eigenvalue weighted by Crippen LogP contribution is 1.97. The molecule has 0 heterocycles. The number of amides is 2. The fourth-order valence-electron chi connectivity index (χ4n) is 0.937. The molecule has 0 unspecified atom stereocenters. The molecule has 0 aromatic carbocycles. The van der Waals surface area contributed by atoms with Gasteiger partial charge in [-0.1, -0.05) is 0 Å². The summed E-state index contributed by atoms with van der Waals surface area (Å²) in [5.41, 5.74) is 4.86. The molecule has 0 aromatic heterocycles. The van der Waals surface area contributed by atoms with Crippen LogP contribution in [0.3, 0.4) is 0 Å². The molecule has 0 aromatic rings. The summed E-state index contributed by atoms with van der Waals surface area (Å²) in [6, 6.07) is 0. The van der Waals surface area contributed by atoms with Crippen LogP contribution in [0.15, 0.2) is 0 Å². The molecule has 0 atom stereocenters. The first kappa shape index (κ1) is 12.9. The minimum atomic E-state index is -0.974. The third-order valence-corrected chi connectivity index (χ3v) is 1.77. The fourth-order valence-corrected chi connectivity index (χ4v) is 0.937. The Hall–Kier alpha value is -1.14. The summed E-state index contributed by atoms with van der Waals surface area (Å²) in [6.45, 7) is 2.31. The molecule has 2 amide bonds. The molecule has 0 spiro atoms. The van der Waals surface area contributed by atoms with Gasteiger partial charge in [0, 0.05) is 20.8 Å². The summed E-state index contributed by atoms with van der Waals surface area (Å²) in [5.74, 6) is -1.70. The van der Waals surface area contributed by atoms with Gasteiger partial charge in [-0.3, -0.25) is 9.59 Å². The first-order chi connectivity index (χ1) is 6.56. The van der Waals surface area contributed by atoms with Crippen LogP contribution in [0.5, 0.6) is 0 Å². The number of primary amides is 1. The van der Waals surface area contributed by atoms with Crippen molar-refractivity contribution >= 4 is 11.8 Å². The summed E-state index contributed by atoms with van der Waals surface area (Å²) in [4.78, 5) is 23.1. The van der Waals surface area contributed by atoms with E-state index in [1.54, 1.807) is 6.92 Å². The van der Waals surface area contributed by atoms with E-state index >= 15 is 0 Å². The van der Waals surface area contributed by atoms with Gasteiger partial charge in [-0.15, -0.1) is 0 Å². The fraction of sp³-hybridized carbons (Fsp3) is 0.750. The number of methoxy groups -OCH3 is 2. The highest BCUT2D eigenvalue weighted by Gasteiger charge is 2.20. The third-order valence-electron chi connectivity index (χ3n) is 1.77. The maximum atomic E-state index is 11.2. The van der Waals surface area contributed by atoms with Gasteiger partial charge in [-0.2, -0.15) is 0 Å². The standard InChI is InChI=1S/C8H16N2O4/c1-4-10(8(12)7(9)11)5-6(13-2)14-3/h6H,4-5H2,1-3H3,(H2,9,11). The molecule has 0 bridgehead atoms. The van der Waals surface area contributed by atoms with Gasteiger partial charge in [0.05, 0.1) is 6.54 Å². The molecule has 0 aliphatic heterocycles. The molecule has 0 aliphatic rings. The third kappa shape index (κ3) is 3.71. The van der Waals surface area contributed by atoms with Gasteiger partial charge in [0.1, 0.15) is 0 Å². The van der Waals surface area contributed by atoms with Crippen LogP contribution in [-0.2, 0) is 19.1 Å². The Morgan fingerprint density at radius 2 is 1.86 bits per heavy atom. The van der Waals surface area contributed by atoms with Crippen molar-refractivity contribution in [2.24, 2.45) is 5.73 Å². The van der Waals surface area contributed by atoms with Crippen LogP contribution in [-0.4, -0.2) is 50.3 Å². The molecule has 82 valence electrons. The molecule has 2 N–H and O–H groups in total. The lowest BCUT2D eigenvalue weighted by Crippen LogP contribution is -2.44. The van der Waals surface area contributed by atoms with Crippen LogP contribution in [0.1, 0.15) is 6.92 Å². The average Bonchev–Trinajstić information content (AvgIpc) is 2.19. The smallest absolute Gasteiger partial charge is 0.311 e. The molecule has 6 heteroatoms. The lowest BCUT2D eigenvalue weighted by atomic mass is 10.4. The first-order valence-corrected chi connectivity index (χ1v) is 4.21. The van der Waals surface area contributed by atoms with Gasteiger partial charge in [0.2, 0.25) is 0 Å². The van der Waals surface area contributed by atoms with Crippen molar-refractivity contribution < 1.29 is 19.1 Å². The van der Waals surface area contributed by atoms with E-state index in [0.717, 1.165) is 0 Å². The van der Waals surface area contributed by atoms with Gasteiger partial charge >= 0.3 is 11.8 Å². The first-order valence-electron chi connectivity index (χ1n) is 4.21. The van der Waals surface area contributed by atoms with Gasteiger partial charge in [-0.25, -0.2) is 0 Å². The van der Waals surface area contributed by atoms with E-state index in [1.165, 1.54) is 19.1 Å². The van der Waals surface area contributed by atoms with Crippen molar-refractivity contribution in [1.82, 2.24) is 4.90 Å². The molecule has 0 saturated carbocycles. The second-order valence-electron chi connectivity index (χ2n) is 2.61. The largest absolute Gasteiger partial charge is 0.361 e. The van der Waals surface area contributed by atoms with Crippen molar-refractivity contribution in [3.05, 3.63) is 0 Å². The zero-order valence-electron chi connectivity index (χ0n) is 8.65. The summed E-state index contributed by atoms with van der Waals surface area (Å²) in [5, 5.41) is 0. The zero-order valence-corrected chi connectivity index (χ0v) is 8.65.